The van der Waals surface area contributed by atoms with Crippen molar-refractivity contribution in [1.29, 1.82) is 0 Å². The number of fused-ring (bicyclic) bond motifs is 1. The maximum absolute atomic E-state index is 12.6. The molecule has 2 aromatic rings. The lowest BCUT2D eigenvalue weighted by atomic mass is 10.1. The highest BCUT2D eigenvalue weighted by molar-refractivity contribution is 6.21. The van der Waals surface area contributed by atoms with E-state index in [-0.39, 0.29) is 31.1 Å². The first-order valence-corrected chi connectivity index (χ1v) is 7.86. The molecule has 122 valence electrons. The molecule has 2 amide bonds. The molecule has 1 atom stereocenters. The van der Waals surface area contributed by atoms with Crippen LogP contribution < -0.4 is 19.7 Å². The Balaban J connectivity index is 1.44. The van der Waals surface area contributed by atoms with Gasteiger partial charge >= 0.3 is 0 Å². The summed E-state index contributed by atoms with van der Waals surface area (Å²) >= 11 is 0. The first-order valence-electron chi connectivity index (χ1n) is 7.86. The fourth-order valence-electron chi connectivity index (χ4n) is 3.03. The lowest BCUT2D eigenvalue weighted by Crippen LogP contribution is -2.90. The van der Waals surface area contributed by atoms with E-state index >= 15 is 0 Å². The van der Waals surface area contributed by atoms with Gasteiger partial charge in [-0.3, -0.25) is 9.59 Å². The molecule has 2 aliphatic heterocycles. The summed E-state index contributed by atoms with van der Waals surface area (Å²) in [5, 5.41) is 1.90. The van der Waals surface area contributed by atoms with Gasteiger partial charge in [0.1, 0.15) is 6.54 Å². The van der Waals surface area contributed by atoms with Crippen molar-refractivity contribution in [1.82, 2.24) is 0 Å². The van der Waals surface area contributed by atoms with E-state index in [0.717, 1.165) is 17.1 Å². The number of nitrogens with zero attached hydrogens (tertiary/aromatic N) is 1. The van der Waals surface area contributed by atoms with Gasteiger partial charge in [0.15, 0.2) is 17.5 Å². The lowest BCUT2D eigenvalue weighted by molar-refractivity contribution is -0.690. The van der Waals surface area contributed by atoms with E-state index in [0.29, 0.717) is 12.2 Å². The molecule has 0 radical (unpaired) electrons. The van der Waals surface area contributed by atoms with E-state index in [1.54, 1.807) is 12.1 Å². The zero-order valence-corrected chi connectivity index (χ0v) is 13.0. The van der Waals surface area contributed by atoms with E-state index in [1.165, 1.54) is 4.90 Å². The molecule has 0 unspecified atom stereocenters. The predicted molar refractivity (Wildman–Crippen MR) is 85.5 cm³/mol. The van der Waals surface area contributed by atoms with Crippen LogP contribution in [-0.4, -0.2) is 24.6 Å². The third-order valence-corrected chi connectivity index (χ3v) is 4.27. The molecule has 0 spiro atoms. The largest absolute Gasteiger partial charge is 0.454 e. The molecule has 1 fully saturated rings. The minimum Gasteiger partial charge on any atom is -0.454 e. The van der Waals surface area contributed by atoms with Crippen molar-refractivity contribution in [2.45, 2.75) is 19.0 Å². The van der Waals surface area contributed by atoms with Gasteiger partial charge in [-0.15, -0.1) is 0 Å². The number of imide groups is 1. The van der Waals surface area contributed by atoms with Crippen LogP contribution in [0.15, 0.2) is 48.5 Å². The summed E-state index contributed by atoms with van der Waals surface area (Å²) in [6.45, 7) is 0.840. The Morgan fingerprint density at radius 1 is 1.04 bits per heavy atom. The zero-order valence-electron chi connectivity index (χ0n) is 13.0. The normalized spacial score (nSPS) is 19.2. The fraction of sp³-hybridized carbons (Fsp3) is 0.222. The van der Waals surface area contributed by atoms with Gasteiger partial charge in [0.25, 0.3) is 5.91 Å². The predicted octanol–water partition coefficient (Wildman–Crippen LogP) is 0.811. The molecule has 0 bridgehead atoms. The number of quaternary nitrogens is 1. The summed E-state index contributed by atoms with van der Waals surface area (Å²) in [4.78, 5) is 26.0. The topological polar surface area (TPSA) is 72.5 Å². The first kappa shape index (κ1) is 14.7. The summed E-state index contributed by atoms with van der Waals surface area (Å²) in [5.41, 5.74) is 1.66. The Bertz CT molecular complexity index is 791. The number of hydrogen-bond acceptors (Lipinski definition) is 4. The summed E-state index contributed by atoms with van der Waals surface area (Å²) < 4.78 is 10.6. The molecule has 4 rings (SSSR count). The minimum absolute atomic E-state index is 0.155. The van der Waals surface area contributed by atoms with Crippen molar-refractivity contribution in [2.75, 3.05) is 11.7 Å². The van der Waals surface area contributed by atoms with Gasteiger partial charge in [0, 0.05) is 5.56 Å². The van der Waals surface area contributed by atoms with Crippen LogP contribution in [0, 0.1) is 0 Å². The molecule has 1 saturated heterocycles. The molecule has 2 aromatic carbocycles. The first-order chi connectivity index (χ1) is 11.7. The monoisotopic (exact) mass is 325 g/mol. The molecule has 2 aliphatic rings. The summed E-state index contributed by atoms with van der Waals surface area (Å²) in [6, 6.07) is 14.4. The van der Waals surface area contributed by atoms with Crippen LogP contribution in [0.25, 0.3) is 0 Å². The van der Waals surface area contributed by atoms with Crippen LogP contribution in [0.5, 0.6) is 11.5 Å². The number of nitrogens with two attached hydrogens (primary N) is 1. The standard InChI is InChI=1S/C18H16N2O4/c21-17-9-14(18(22)20(17)13-4-2-1-3-5-13)19-10-12-6-7-15-16(8-12)24-11-23-15/h1-8,14,19H,9-11H2/p+1/t14-/m0/s1. The number of anilines is 1. The van der Waals surface area contributed by atoms with E-state index in [1.807, 2.05) is 41.7 Å². The number of amides is 2. The third-order valence-electron chi connectivity index (χ3n) is 4.27. The molecule has 2 N–H and O–H groups in total. The van der Waals surface area contributed by atoms with Crippen LogP contribution in [0.2, 0.25) is 0 Å². The highest BCUT2D eigenvalue weighted by Crippen LogP contribution is 2.32. The van der Waals surface area contributed by atoms with E-state index < -0.39 is 0 Å². The molecule has 0 saturated carbocycles. The Morgan fingerprint density at radius 2 is 1.83 bits per heavy atom. The highest BCUT2D eigenvalue weighted by Gasteiger charge is 2.42. The molecular weight excluding hydrogens is 308 g/mol. The molecular formula is C18H17N2O4+. The van der Waals surface area contributed by atoms with Crippen LogP contribution in [0.3, 0.4) is 0 Å². The smallest absolute Gasteiger partial charge is 0.292 e. The van der Waals surface area contributed by atoms with Crippen molar-refractivity contribution in [3.63, 3.8) is 0 Å². The Labute approximate surface area is 139 Å². The van der Waals surface area contributed by atoms with Gasteiger partial charge in [-0.1, -0.05) is 18.2 Å². The molecule has 0 aliphatic carbocycles. The van der Waals surface area contributed by atoms with Gasteiger partial charge in [0.05, 0.1) is 12.1 Å². The second-order valence-electron chi connectivity index (χ2n) is 5.84. The van der Waals surface area contributed by atoms with Crippen LogP contribution >= 0.6 is 0 Å². The fourth-order valence-corrected chi connectivity index (χ4v) is 3.03. The molecule has 24 heavy (non-hydrogen) atoms. The van der Waals surface area contributed by atoms with Crippen molar-refractivity contribution in [3.05, 3.63) is 54.1 Å². The van der Waals surface area contributed by atoms with Crippen molar-refractivity contribution < 1.29 is 24.4 Å². The van der Waals surface area contributed by atoms with Crippen LogP contribution in [0.1, 0.15) is 12.0 Å². The van der Waals surface area contributed by atoms with Gasteiger partial charge in [-0.25, -0.2) is 4.90 Å². The molecule has 0 aromatic heterocycles. The minimum atomic E-state index is -0.386. The lowest BCUT2D eigenvalue weighted by Gasteiger charge is -2.14. The number of carbonyl (C=O) groups excluding carboxylic acids is 2. The number of rotatable bonds is 4. The third kappa shape index (κ3) is 2.61. The van der Waals surface area contributed by atoms with Crippen LogP contribution in [-0.2, 0) is 16.1 Å². The summed E-state index contributed by atoms with van der Waals surface area (Å²) in [7, 11) is 0. The summed E-state index contributed by atoms with van der Waals surface area (Å²) in [5.74, 6) is 1.15. The second kappa shape index (κ2) is 5.98. The van der Waals surface area contributed by atoms with Crippen LogP contribution in [0.4, 0.5) is 5.69 Å². The average molecular weight is 325 g/mol. The number of carbonyl (C=O) groups is 2. The van der Waals surface area contributed by atoms with Gasteiger partial charge in [0.2, 0.25) is 12.7 Å². The maximum Gasteiger partial charge on any atom is 0.292 e. The van der Waals surface area contributed by atoms with E-state index in [9.17, 15) is 9.59 Å². The van der Waals surface area contributed by atoms with Gasteiger partial charge in [-0.05, 0) is 30.3 Å². The SMILES string of the molecule is O=C1C[C@H]([NH2+]Cc2ccc3c(c2)OCO3)C(=O)N1c1ccccc1. The number of benzene rings is 2. The molecule has 6 heteroatoms. The van der Waals surface area contributed by atoms with Crippen molar-refractivity contribution in [3.8, 4) is 11.5 Å². The van der Waals surface area contributed by atoms with Gasteiger partial charge < -0.3 is 14.8 Å². The Hall–Kier alpha value is -2.86. The summed E-state index contributed by atoms with van der Waals surface area (Å²) in [6.07, 6.45) is 0.221. The average Bonchev–Trinajstić information content (AvgIpc) is 3.17. The van der Waals surface area contributed by atoms with Crippen molar-refractivity contribution in [2.24, 2.45) is 0 Å². The Kier molecular flexibility index (Phi) is 3.66. The van der Waals surface area contributed by atoms with E-state index in [2.05, 4.69) is 0 Å². The second-order valence-corrected chi connectivity index (χ2v) is 5.84. The van der Waals surface area contributed by atoms with Gasteiger partial charge in [-0.2, -0.15) is 0 Å². The number of para-hydroxylation sites is 1. The molecule has 6 nitrogen and oxygen atoms in total. The highest BCUT2D eigenvalue weighted by atomic mass is 16.7. The number of hydrogen-bond donors (Lipinski definition) is 1. The zero-order chi connectivity index (χ0) is 16.5. The quantitative estimate of drug-likeness (QED) is 0.845. The molecule has 2 heterocycles. The number of ether oxygens (including phenoxy) is 2. The van der Waals surface area contributed by atoms with Crippen molar-refractivity contribution >= 4 is 17.5 Å². The maximum atomic E-state index is 12.6. The van der Waals surface area contributed by atoms with E-state index in [4.69, 9.17) is 9.47 Å². The Morgan fingerprint density at radius 3 is 2.67 bits per heavy atom.